The minimum Gasteiger partial charge on any atom is -0.493 e. The van der Waals surface area contributed by atoms with Crippen LogP contribution in [-0.4, -0.2) is 29.5 Å². The number of methoxy groups -OCH3 is 1. The Morgan fingerprint density at radius 2 is 1.74 bits per heavy atom. The zero-order chi connectivity index (χ0) is 14.6. The van der Waals surface area contributed by atoms with Crippen molar-refractivity contribution in [2.45, 2.75) is 6.92 Å². The van der Waals surface area contributed by atoms with Gasteiger partial charge in [-0.2, -0.15) is 0 Å². The molecule has 0 fully saturated rings. The number of benzene rings is 1. The van der Waals surface area contributed by atoms with Crippen molar-refractivity contribution in [2.75, 3.05) is 13.7 Å². The highest BCUT2D eigenvalue weighted by Gasteiger charge is 2.30. The van der Waals surface area contributed by atoms with Crippen molar-refractivity contribution in [3.05, 3.63) is 37.9 Å². The smallest absolute Gasteiger partial charge is 0.349 e. The average molecular weight is 270 g/mol. The van der Waals surface area contributed by atoms with Crippen molar-refractivity contribution in [3.63, 3.8) is 0 Å². The van der Waals surface area contributed by atoms with Crippen LogP contribution in [0.15, 0.2) is 12.1 Å². The van der Waals surface area contributed by atoms with Crippen LogP contribution >= 0.6 is 0 Å². The minimum absolute atomic E-state index is 0.133. The van der Waals surface area contributed by atoms with Crippen LogP contribution in [0.25, 0.3) is 0 Å². The maximum atomic E-state index is 11.5. The number of rotatable bonds is 5. The molecule has 0 bridgehead atoms. The topological polar surface area (TPSA) is 122 Å². The lowest BCUT2D eigenvalue weighted by Gasteiger charge is -2.08. The van der Waals surface area contributed by atoms with Gasteiger partial charge in [0.25, 0.3) is 0 Å². The van der Waals surface area contributed by atoms with Gasteiger partial charge in [0.05, 0.1) is 29.6 Å². The van der Waals surface area contributed by atoms with Crippen LogP contribution < -0.4 is 4.74 Å². The molecule has 0 atom stereocenters. The zero-order valence-electron chi connectivity index (χ0n) is 10.1. The number of carbonyl (C=O) groups excluding carboxylic acids is 1. The van der Waals surface area contributed by atoms with Gasteiger partial charge in [0.2, 0.25) is 0 Å². The molecule has 0 aliphatic rings. The molecule has 0 unspecified atom stereocenters. The lowest BCUT2D eigenvalue weighted by molar-refractivity contribution is -0.422. The predicted octanol–water partition coefficient (Wildman–Crippen LogP) is 1.69. The van der Waals surface area contributed by atoms with Crippen molar-refractivity contribution >= 4 is 17.3 Å². The van der Waals surface area contributed by atoms with Gasteiger partial charge < -0.3 is 9.47 Å². The van der Waals surface area contributed by atoms with Crippen LogP contribution in [0.3, 0.4) is 0 Å². The summed E-state index contributed by atoms with van der Waals surface area (Å²) in [7, 11) is 1.09. The highest BCUT2D eigenvalue weighted by Crippen LogP contribution is 2.34. The molecule has 0 aliphatic carbocycles. The van der Waals surface area contributed by atoms with E-state index >= 15 is 0 Å². The van der Waals surface area contributed by atoms with E-state index in [1.54, 1.807) is 6.92 Å². The monoisotopic (exact) mass is 270 g/mol. The molecule has 1 aromatic carbocycles. The Balaban J connectivity index is 3.54. The number of hydrogen-bond donors (Lipinski definition) is 0. The molecule has 0 saturated heterocycles. The number of carbonyl (C=O) groups is 1. The number of nitro groups is 2. The molecular formula is C10H10N2O7. The van der Waals surface area contributed by atoms with Crippen molar-refractivity contribution < 1.29 is 24.1 Å². The molecule has 0 radical (unpaired) electrons. The Labute approximate surface area is 107 Å². The van der Waals surface area contributed by atoms with E-state index in [1.807, 2.05) is 0 Å². The van der Waals surface area contributed by atoms with Gasteiger partial charge in [-0.1, -0.05) is 0 Å². The largest absolute Gasteiger partial charge is 0.493 e. The lowest BCUT2D eigenvalue weighted by atomic mass is 10.1. The van der Waals surface area contributed by atoms with Gasteiger partial charge >= 0.3 is 17.3 Å². The van der Waals surface area contributed by atoms with E-state index in [0.717, 1.165) is 19.2 Å². The van der Waals surface area contributed by atoms with E-state index in [1.165, 1.54) is 0 Å². The van der Waals surface area contributed by atoms with E-state index in [9.17, 15) is 25.0 Å². The number of nitro benzene ring substituents is 2. The molecule has 0 heterocycles. The van der Waals surface area contributed by atoms with Crippen LogP contribution in [0.2, 0.25) is 0 Å². The van der Waals surface area contributed by atoms with Gasteiger partial charge in [0.15, 0.2) is 0 Å². The van der Waals surface area contributed by atoms with E-state index < -0.39 is 27.2 Å². The lowest BCUT2D eigenvalue weighted by Crippen LogP contribution is -2.08. The second-order valence-corrected chi connectivity index (χ2v) is 3.28. The molecule has 102 valence electrons. The molecule has 0 aromatic heterocycles. The number of esters is 1. The van der Waals surface area contributed by atoms with Crippen LogP contribution in [0.1, 0.15) is 17.3 Å². The Bertz CT molecular complexity index is 541. The molecule has 0 spiro atoms. The van der Waals surface area contributed by atoms with E-state index in [0.29, 0.717) is 0 Å². The minimum atomic E-state index is -0.944. The molecular weight excluding hydrogens is 260 g/mol. The molecule has 1 rings (SSSR count). The standard InChI is InChI=1S/C10H10N2O7/c1-3-19-9-5-8(12(16)17)7(11(14)15)4-6(9)10(13)18-2/h4-5H,3H2,1-2H3. The molecule has 9 heteroatoms. The summed E-state index contributed by atoms with van der Waals surface area (Å²) in [6.45, 7) is 1.74. The Morgan fingerprint density at radius 1 is 1.21 bits per heavy atom. The summed E-state index contributed by atoms with van der Waals surface area (Å²) in [5.41, 5.74) is -1.78. The van der Waals surface area contributed by atoms with Crippen LogP contribution in [0.5, 0.6) is 5.75 Å². The van der Waals surface area contributed by atoms with Crippen LogP contribution in [-0.2, 0) is 4.74 Å². The summed E-state index contributed by atoms with van der Waals surface area (Å²) in [6, 6.07) is 1.61. The van der Waals surface area contributed by atoms with E-state index in [-0.39, 0.29) is 17.9 Å². The summed E-state index contributed by atoms with van der Waals surface area (Å²) in [4.78, 5) is 31.1. The molecule has 19 heavy (non-hydrogen) atoms. The summed E-state index contributed by atoms with van der Waals surface area (Å²) in [5, 5.41) is 21.5. The van der Waals surface area contributed by atoms with E-state index in [4.69, 9.17) is 4.74 Å². The molecule has 1 aromatic rings. The van der Waals surface area contributed by atoms with Crippen molar-refractivity contribution in [3.8, 4) is 5.75 Å². The molecule has 0 N–H and O–H groups in total. The zero-order valence-corrected chi connectivity index (χ0v) is 10.1. The van der Waals surface area contributed by atoms with Crippen molar-refractivity contribution in [1.29, 1.82) is 0 Å². The first-order valence-electron chi connectivity index (χ1n) is 5.10. The third kappa shape index (κ3) is 2.94. The first-order valence-corrected chi connectivity index (χ1v) is 5.10. The summed E-state index contributed by atoms with van der Waals surface area (Å²) >= 11 is 0. The van der Waals surface area contributed by atoms with Gasteiger partial charge in [-0.05, 0) is 6.92 Å². The van der Waals surface area contributed by atoms with Crippen molar-refractivity contribution in [2.24, 2.45) is 0 Å². The van der Waals surface area contributed by atoms with Crippen molar-refractivity contribution in [1.82, 2.24) is 0 Å². The van der Waals surface area contributed by atoms with Gasteiger partial charge in [0, 0.05) is 6.07 Å². The second kappa shape index (κ2) is 5.76. The first-order chi connectivity index (χ1) is 8.92. The Kier molecular flexibility index (Phi) is 4.35. The Morgan fingerprint density at radius 3 is 2.16 bits per heavy atom. The molecule has 0 amide bonds. The number of hydrogen-bond acceptors (Lipinski definition) is 7. The normalized spacial score (nSPS) is 9.79. The average Bonchev–Trinajstić information content (AvgIpc) is 2.37. The highest BCUT2D eigenvalue weighted by atomic mass is 16.6. The fraction of sp³-hybridized carbons (Fsp3) is 0.300. The quantitative estimate of drug-likeness (QED) is 0.453. The Hall–Kier alpha value is -2.71. The predicted molar refractivity (Wildman–Crippen MR) is 62.3 cm³/mol. The van der Waals surface area contributed by atoms with E-state index in [2.05, 4.69) is 4.74 Å². The summed E-state index contributed by atoms with van der Waals surface area (Å²) in [6.07, 6.45) is 0. The molecule has 9 nitrogen and oxygen atoms in total. The first kappa shape index (κ1) is 14.4. The highest BCUT2D eigenvalue weighted by molar-refractivity contribution is 5.94. The van der Waals surface area contributed by atoms with Gasteiger partial charge in [-0.25, -0.2) is 4.79 Å². The maximum absolute atomic E-state index is 11.5. The fourth-order valence-corrected chi connectivity index (χ4v) is 1.39. The SMILES string of the molecule is CCOc1cc([N+](=O)[O-])c([N+](=O)[O-])cc1C(=O)OC. The molecule has 0 saturated carbocycles. The maximum Gasteiger partial charge on any atom is 0.349 e. The number of ether oxygens (including phenoxy) is 2. The van der Waals surface area contributed by atoms with Crippen LogP contribution in [0.4, 0.5) is 11.4 Å². The third-order valence-corrected chi connectivity index (χ3v) is 2.18. The van der Waals surface area contributed by atoms with Gasteiger partial charge in [0.1, 0.15) is 11.3 Å². The van der Waals surface area contributed by atoms with Crippen LogP contribution in [0, 0.1) is 20.2 Å². The fourth-order valence-electron chi connectivity index (χ4n) is 1.39. The molecule has 0 aliphatic heterocycles. The van der Waals surface area contributed by atoms with Gasteiger partial charge in [-0.3, -0.25) is 20.2 Å². The second-order valence-electron chi connectivity index (χ2n) is 3.28. The third-order valence-electron chi connectivity index (χ3n) is 2.18. The summed E-state index contributed by atoms with van der Waals surface area (Å²) in [5.74, 6) is -1.01. The number of nitrogens with zero attached hydrogens (tertiary/aromatic N) is 2. The summed E-state index contributed by atoms with van der Waals surface area (Å²) < 4.78 is 9.50. The van der Waals surface area contributed by atoms with Gasteiger partial charge in [-0.15, -0.1) is 0 Å².